The molecule has 0 aliphatic rings. The van der Waals surface area contributed by atoms with Crippen molar-refractivity contribution < 1.29 is 4.79 Å². The summed E-state index contributed by atoms with van der Waals surface area (Å²) in [5, 5.41) is 5.32. The van der Waals surface area contributed by atoms with Crippen molar-refractivity contribution in [3.63, 3.8) is 0 Å². The van der Waals surface area contributed by atoms with Gasteiger partial charge in [0.2, 0.25) is 5.91 Å². The van der Waals surface area contributed by atoms with Crippen molar-refractivity contribution >= 4 is 55.7 Å². The van der Waals surface area contributed by atoms with Crippen LogP contribution in [0.5, 0.6) is 0 Å². The molecular weight excluding hydrogens is 380 g/mol. The lowest BCUT2D eigenvalue weighted by Gasteiger charge is -1.96. The third-order valence-electron chi connectivity index (χ3n) is 2.79. The van der Waals surface area contributed by atoms with Crippen molar-refractivity contribution in [3.05, 3.63) is 63.3 Å². The van der Waals surface area contributed by atoms with E-state index in [0.29, 0.717) is 5.13 Å². The van der Waals surface area contributed by atoms with Gasteiger partial charge in [0.1, 0.15) is 0 Å². The average Bonchev–Trinajstić information content (AvgIpc) is 3.15. The Labute approximate surface area is 144 Å². The number of nitrogens with one attached hydrogen (secondary N) is 1. The number of aromatic nitrogens is 1. The fourth-order valence-corrected chi connectivity index (χ4v) is 3.91. The van der Waals surface area contributed by atoms with Crippen molar-refractivity contribution in [1.29, 1.82) is 0 Å². The van der Waals surface area contributed by atoms with Crippen LogP contribution >= 0.6 is 38.6 Å². The number of thiazole rings is 1. The average molecular weight is 391 g/mol. The molecule has 0 spiro atoms. The number of benzene rings is 1. The fourth-order valence-electron chi connectivity index (χ4n) is 1.78. The van der Waals surface area contributed by atoms with Crippen LogP contribution in [-0.2, 0) is 4.79 Å². The van der Waals surface area contributed by atoms with Crippen LogP contribution in [0, 0.1) is 0 Å². The van der Waals surface area contributed by atoms with E-state index in [0.717, 1.165) is 19.9 Å². The van der Waals surface area contributed by atoms with E-state index in [1.807, 2.05) is 47.8 Å². The Kier molecular flexibility index (Phi) is 4.82. The van der Waals surface area contributed by atoms with Crippen LogP contribution in [-0.4, -0.2) is 10.9 Å². The van der Waals surface area contributed by atoms with Crippen LogP contribution in [0.3, 0.4) is 0 Å². The number of nitrogens with zero attached hydrogens (tertiary/aromatic N) is 1. The summed E-state index contributed by atoms with van der Waals surface area (Å²) >= 11 is 6.47. The first-order valence-electron chi connectivity index (χ1n) is 6.46. The molecule has 2 heterocycles. The van der Waals surface area contributed by atoms with Gasteiger partial charge in [-0.1, -0.05) is 30.3 Å². The Morgan fingerprint density at radius 1 is 1.18 bits per heavy atom. The quantitative estimate of drug-likeness (QED) is 0.615. The zero-order valence-electron chi connectivity index (χ0n) is 11.3. The molecule has 1 amide bonds. The molecule has 0 radical (unpaired) electrons. The van der Waals surface area contributed by atoms with Crippen LogP contribution in [0.2, 0.25) is 0 Å². The van der Waals surface area contributed by atoms with E-state index >= 15 is 0 Å². The van der Waals surface area contributed by atoms with Gasteiger partial charge in [-0.15, -0.1) is 22.7 Å². The number of thiophene rings is 1. The Morgan fingerprint density at radius 2 is 2.00 bits per heavy atom. The third-order valence-corrected chi connectivity index (χ3v) is 5.19. The molecule has 1 aromatic carbocycles. The van der Waals surface area contributed by atoms with Crippen molar-refractivity contribution in [2.45, 2.75) is 0 Å². The maximum Gasteiger partial charge on any atom is 0.250 e. The zero-order valence-corrected chi connectivity index (χ0v) is 14.5. The van der Waals surface area contributed by atoms with Crippen molar-refractivity contribution in [1.82, 2.24) is 4.98 Å². The monoisotopic (exact) mass is 390 g/mol. The molecule has 3 aromatic rings. The summed E-state index contributed by atoms with van der Waals surface area (Å²) in [6.45, 7) is 0. The Morgan fingerprint density at radius 3 is 2.73 bits per heavy atom. The molecule has 0 unspecified atom stereocenters. The summed E-state index contributed by atoms with van der Waals surface area (Å²) < 4.78 is 1.06. The van der Waals surface area contributed by atoms with Gasteiger partial charge < -0.3 is 0 Å². The molecule has 0 saturated heterocycles. The van der Waals surface area contributed by atoms with Crippen LogP contribution in [0.1, 0.15) is 5.56 Å². The predicted octanol–water partition coefficient (Wildman–Crippen LogP) is 5.29. The molecule has 22 heavy (non-hydrogen) atoms. The molecule has 0 bridgehead atoms. The first-order chi connectivity index (χ1) is 10.7. The molecule has 3 rings (SSSR count). The van der Waals surface area contributed by atoms with Gasteiger partial charge in [-0.05, 0) is 39.7 Å². The molecule has 0 aliphatic heterocycles. The molecule has 0 saturated carbocycles. The first kappa shape index (κ1) is 15.1. The molecular formula is C16H11BrN2OS2. The Balaban J connectivity index is 1.65. The molecule has 0 aliphatic carbocycles. The van der Waals surface area contributed by atoms with Crippen LogP contribution in [0.4, 0.5) is 5.13 Å². The molecule has 2 aromatic heterocycles. The minimum atomic E-state index is -0.183. The third kappa shape index (κ3) is 3.91. The molecule has 3 nitrogen and oxygen atoms in total. The molecule has 0 atom stereocenters. The van der Waals surface area contributed by atoms with Gasteiger partial charge in [-0.3, -0.25) is 10.1 Å². The van der Waals surface area contributed by atoms with Gasteiger partial charge in [0.05, 0.1) is 14.4 Å². The van der Waals surface area contributed by atoms with Crippen molar-refractivity contribution in [2.75, 3.05) is 5.32 Å². The van der Waals surface area contributed by atoms with Gasteiger partial charge in [-0.25, -0.2) is 4.98 Å². The maximum atomic E-state index is 11.9. The number of carbonyl (C=O) groups excluding carboxylic acids is 1. The summed E-state index contributed by atoms with van der Waals surface area (Å²) in [5.41, 5.74) is 1.86. The van der Waals surface area contributed by atoms with E-state index in [2.05, 4.69) is 26.2 Å². The SMILES string of the molecule is O=C(/C=C/c1ccccc1)Nc1nc(-c2ccc(Br)s2)cs1. The standard InChI is InChI=1S/C16H11BrN2OS2/c17-14-8-7-13(22-14)12-10-21-16(18-12)19-15(20)9-6-11-4-2-1-3-5-11/h1-10H,(H,18,19,20)/b9-6+. The second-order valence-corrected chi connectivity index (χ2v) is 7.70. The topological polar surface area (TPSA) is 42.0 Å². The number of rotatable bonds is 4. The van der Waals surface area contributed by atoms with Gasteiger partial charge in [0.15, 0.2) is 5.13 Å². The summed E-state index contributed by atoms with van der Waals surface area (Å²) in [5.74, 6) is -0.183. The molecule has 1 N–H and O–H groups in total. The zero-order chi connectivity index (χ0) is 15.4. The van der Waals surface area contributed by atoms with Gasteiger partial charge in [-0.2, -0.15) is 0 Å². The highest BCUT2D eigenvalue weighted by atomic mass is 79.9. The van der Waals surface area contributed by atoms with E-state index < -0.39 is 0 Å². The van der Waals surface area contributed by atoms with Crippen LogP contribution in [0.15, 0.2) is 57.7 Å². The van der Waals surface area contributed by atoms with E-state index in [4.69, 9.17) is 0 Å². The van der Waals surface area contributed by atoms with Gasteiger partial charge >= 0.3 is 0 Å². The minimum absolute atomic E-state index is 0.183. The largest absolute Gasteiger partial charge is 0.298 e. The normalized spacial score (nSPS) is 11.0. The van der Waals surface area contributed by atoms with Crippen LogP contribution in [0.25, 0.3) is 16.6 Å². The molecule has 6 heteroatoms. The highest BCUT2D eigenvalue weighted by Crippen LogP contribution is 2.32. The predicted molar refractivity (Wildman–Crippen MR) is 97.2 cm³/mol. The van der Waals surface area contributed by atoms with E-state index in [9.17, 15) is 4.79 Å². The lowest BCUT2D eigenvalue weighted by Crippen LogP contribution is -2.07. The number of anilines is 1. The summed E-state index contributed by atoms with van der Waals surface area (Å²) in [6.07, 6.45) is 3.29. The number of amides is 1. The maximum absolute atomic E-state index is 11.9. The van der Waals surface area contributed by atoms with Gasteiger partial charge in [0.25, 0.3) is 0 Å². The molecule has 110 valence electrons. The lowest BCUT2D eigenvalue weighted by atomic mass is 10.2. The number of carbonyl (C=O) groups is 1. The second kappa shape index (κ2) is 7.00. The first-order valence-corrected chi connectivity index (χ1v) is 8.95. The lowest BCUT2D eigenvalue weighted by molar-refractivity contribution is -0.111. The highest BCUT2D eigenvalue weighted by molar-refractivity contribution is 9.11. The Hall–Kier alpha value is -1.76. The number of hydrogen-bond donors (Lipinski definition) is 1. The van der Waals surface area contributed by atoms with Gasteiger partial charge in [0, 0.05) is 11.5 Å². The minimum Gasteiger partial charge on any atom is -0.298 e. The summed E-state index contributed by atoms with van der Waals surface area (Å²) in [6, 6.07) is 13.7. The van der Waals surface area contributed by atoms with E-state index in [1.165, 1.54) is 17.4 Å². The number of halogens is 1. The molecule has 0 fully saturated rings. The Bertz CT molecular complexity index is 808. The van der Waals surface area contributed by atoms with Crippen molar-refractivity contribution in [2.24, 2.45) is 0 Å². The summed E-state index contributed by atoms with van der Waals surface area (Å²) in [4.78, 5) is 17.4. The van der Waals surface area contributed by atoms with E-state index in [1.54, 1.807) is 17.4 Å². The summed E-state index contributed by atoms with van der Waals surface area (Å²) in [7, 11) is 0. The second-order valence-electron chi connectivity index (χ2n) is 4.37. The highest BCUT2D eigenvalue weighted by Gasteiger charge is 2.08. The smallest absolute Gasteiger partial charge is 0.250 e. The fraction of sp³-hybridized carbons (Fsp3) is 0. The van der Waals surface area contributed by atoms with E-state index in [-0.39, 0.29) is 5.91 Å². The number of hydrogen-bond acceptors (Lipinski definition) is 4. The van der Waals surface area contributed by atoms with Crippen molar-refractivity contribution in [3.8, 4) is 10.6 Å². The van der Waals surface area contributed by atoms with Crippen LogP contribution < -0.4 is 5.32 Å².